The van der Waals surface area contributed by atoms with Crippen molar-refractivity contribution < 1.29 is 0 Å². The Morgan fingerprint density at radius 2 is 1.41 bits per heavy atom. The summed E-state index contributed by atoms with van der Waals surface area (Å²) in [5.74, 6) is 1.67. The molecule has 1 saturated carbocycles. The van der Waals surface area contributed by atoms with E-state index in [4.69, 9.17) is 4.98 Å². The second-order valence-corrected chi connectivity index (χ2v) is 10.5. The van der Waals surface area contributed by atoms with Crippen molar-refractivity contribution >= 4 is 0 Å². The number of nitrogens with zero attached hydrogens (tertiary/aromatic N) is 2. The summed E-state index contributed by atoms with van der Waals surface area (Å²) in [5, 5.41) is 9.68. The van der Waals surface area contributed by atoms with Crippen LogP contribution in [0.2, 0.25) is 0 Å². The lowest BCUT2D eigenvalue weighted by atomic mass is 9.77. The van der Waals surface area contributed by atoms with Gasteiger partial charge in [-0.3, -0.25) is 0 Å². The number of aromatic nitrogens is 1. The zero-order chi connectivity index (χ0) is 24.0. The van der Waals surface area contributed by atoms with Crippen LogP contribution in [0.1, 0.15) is 133 Å². The standard InChI is InChI=1S/C32H46N2/c1-3-5-7-8-9-10-12-14-29-23-24-31(34-32(29)25-33)30-21-19-28(20-22-30)27-17-15-26(16-18-27)13-11-6-4-2/h19-24,26-27H,3-18H2,1-2H3. The average Bonchev–Trinajstić information content (AvgIpc) is 2.89. The topological polar surface area (TPSA) is 36.7 Å². The molecule has 0 N–H and O–H groups in total. The van der Waals surface area contributed by atoms with Crippen LogP contribution >= 0.6 is 0 Å². The van der Waals surface area contributed by atoms with Crippen LogP contribution < -0.4 is 0 Å². The number of aryl methyl sites for hydroxylation is 1. The highest BCUT2D eigenvalue weighted by Crippen LogP contribution is 2.38. The van der Waals surface area contributed by atoms with Gasteiger partial charge in [0.1, 0.15) is 11.8 Å². The van der Waals surface area contributed by atoms with Crippen LogP contribution in [0.3, 0.4) is 0 Å². The van der Waals surface area contributed by atoms with E-state index in [9.17, 15) is 5.26 Å². The molecular formula is C32H46N2. The van der Waals surface area contributed by atoms with Crippen molar-refractivity contribution in [1.29, 1.82) is 5.26 Å². The molecule has 1 fully saturated rings. The van der Waals surface area contributed by atoms with E-state index < -0.39 is 0 Å². The van der Waals surface area contributed by atoms with E-state index in [-0.39, 0.29) is 0 Å². The maximum Gasteiger partial charge on any atom is 0.144 e. The molecule has 1 heterocycles. The van der Waals surface area contributed by atoms with E-state index in [1.807, 2.05) is 0 Å². The van der Waals surface area contributed by atoms with Crippen molar-refractivity contribution in [3.63, 3.8) is 0 Å². The lowest BCUT2D eigenvalue weighted by molar-refractivity contribution is 0.303. The predicted molar refractivity (Wildman–Crippen MR) is 145 cm³/mol. The Morgan fingerprint density at radius 1 is 0.765 bits per heavy atom. The third-order valence-corrected chi connectivity index (χ3v) is 7.87. The van der Waals surface area contributed by atoms with E-state index in [0.717, 1.165) is 35.6 Å². The summed E-state index contributed by atoms with van der Waals surface area (Å²) < 4.78 is 0. The van der Waals surface area contributed by atoms with Crippen LogP contribution in [0, 0.1) is 17.2 Å². The van der Waals surface area contributed by atoms with Gasteiger partial charge in [0.15, 0.2) is 0 Å². The molecule has 0 aliphatic heterocycles. The summed E-state index contributed by atoms with van der Waals surface area (Å²) in [5.41, 5.74) is 5.23. The number of hydrogen-bond donors (Lipinski definition) is 0. The Kier molecular flexibility index (Phi) is 11.7. The second-order valence-electron chi connectivity index (χ2n) is 10.5. The van der Waals surface area contributed by atoms with Gasteiger partial charge in [-0.2, -0.15) is 5.26 Å². The van der Waals surface area contributed by atoms with E-state index in [1.165, 1.54) is 95.5 Å². The molecule has 2 heteroatoms. The van der Waals surface area contributed by atoms with E-state index in [0.29, 0.717) is 11.6 Å². The number of hydrogen-bond acceptors (Lipinski definition) is 2. The van der Waals surface area contributed by atoms with Gasteiger partial charge in [-0.15, -0.1) is 0 Å². The molecule has 2 aromatic rings. The van der Waals surface area contributed by atoms with Crippen molar-refractivity contribution in [3.05, 3.63) is 53.2 Å². The maximum atomic E-state index is 9.68. The number of pyridine rings is 1. The van der Waals surface area contributed by atoms with Crippen LogP contribution in [0.4, 0.5) is 0 Å². The second kappa shape index (κ2) is 15.0. The Hall–Kier alpha value is -2.14. The molecule has 2 nitrogen and oxygen atoms in total. The van der Waals surface area contributed by atoms with Crippen LogP contribution in [-0.4, -0.2) is 4.98 Å². The van der Waals surface area contributed by atoms with Crippen molar-refractivity contribution in [2.75, 3.05) is 0 Å². The van der Waals surface area contributed by atoms with Gasteiger partial charge in [-0.25, -0.2) is 4.98 Å². The quantitative estimate of drug-likeness (QED) is 0.264. The molecule has 0 radical (unpaired) electrons. The first kappa shape index (κ1) is 26.5. The van der Waals surface area contributed by atoms with Gasteiger partial charge in [-0.05, 0) is 67.6 Å². The van der Waals surface area contributed by atoms with Gasteiger partial charge in [0.05, 0.1) is 5.69 Å². The molecule has 1 aliphatic rings. The average molecular weight is 459 g/mol. The summed E-state index contributed by atoms with van der Waals surface area (Å²) in [6, 6.07) is 15.6. The highest BCUT2D eigenvalue weighted by molar-refractivity contribution is 5.61. The summed E-state index contributed by atoms with van der Waals surface area (Å²) in [7, 11) is 0. The first-order valence-electron chi connectivity index (χ1n) is 14.3. The Balaban J connectivity index is 1.51. The fourth-order valence-corrected chi connectivity index (χ4v) is 5.61. The first-order chi connectivity index (χ1) is 16.7. The van der Waals surface area contributed by atoms with Gasteiger partial charge >= 0.3 is 0 Å². The zero-order valence-corrected chi connectivity index (χ0v) is 21.8. The Labute approximate surface area is 209 Å². The van der Waals surface area contributed by atoms with Crippen molar-refractivity contribution in [2.24, 2.45) is 5.92 Å². The summed E-state index contributed by atoms with van der Waals surface area (Å²) in [6.45, 7) is 4.55. The molecule has 184 valence electrons. The molecule has 0 bridgehead atoms. The largest absolute Gasteiger partial charge is 0.237 e. The molecule has 0 saturated heterocycles. The molecule has 0 amide bonds. The number of rotatable bonds is 14. The highest BCUT2D eigenvalue weighted by Gasteiger charge is 2.22. The lowest BCUT2D eigenvalue weighted by Crippen LogP contribution is -2.13. The first-order valence-corrected chi connectivity index (χ1v) is 14.3. The molecular weight excluding hydrogens is 412 g/mol. The van der Waals surface area contributed by atoms with Gasteiger partial charge < -0.3 is 0 Å². The minimum absolute atomic E-state index is 0.606. The molecule has 1 aliphatic carbocycles. The lowest BCUT2D eigenvalue weighted by Gasteiger charge is -2.29. The van der Waals surface area contributed by atoms with E-state index >= 15 is 0 Å². The highest BCUT2D eigenvalue weighted by atomic mass is 14.7. The normalized spacial score (nSPS) is 18.0. The van der Waals surface area contributed by atoms with Gasteiger partial charge in [-0.1, -0.05) is 108 Å². The Bertz CT molecular complexity index is 869. The van der Waals surface area contributed by atoms with Crippen LogP contribution in [0.25, 0.3) is 11.3 Å². The molecule has 0 spiro atoms. The SMILES string of the molecule is CCCCCCCCCc1ccc(-c2ccc(C3CCC(CCCCC)CC3)cc2)nc1C#N. The fraction of sp³-hybridized carbons (Fsp3) is 0.625. The van der Waals surface area contributed by atoms with Gasteiger partial charge in [0, 0.05) is 5.56 Å². The summed E-state index contributed by atoms with van der Waals surface area (Å²) in [4.78, 5) is 4.73. The minimum atomic E-state index is 0.606. The fourth-order valence-electron chi connectivity index (χ4n) is 5.61. The van der Waals surface area contributed by atoms with Crippen molar-refractivity contribution in [3.8, 4) is 17.3 Å². The zero-order valence-electron chi connectivity index (χ0n) is 21.8. The third-order valence-electron chi connectivity index (χ3n) is 7.87. The Morgan fingerprint density at radius 3 is 2.09 bits per heavy atom. The van der Waals surface area contributed by atoms with Crippen LogP contribution in [-0.2, 0) is 6.42 Å². The van der Waals surface area contributed by atoms with E-state index in [1.54, 1.807) is 0 Å². The van der Waals surface area contributed by atoms with Crippen LogP contribution in [0.15, 0.2) is 36.4 Å². The smallest absolute Gasteiger partial charge is 0.144 e. The van der Waals surface area contributed by atoms with Crippen molar-refractivity contribution in [1.82, 2.24) is 4.98 Å². The molecule has 3 rings (SSSR count). The van der Waals surface area contributed by atoms with Gasteiger partial charge in [0.25, 0.3) is 0 Å². The van der Waals surface area contributed by atoms with E-state index in [2.05, 4.69) is 56.3 Å². The summed E-state index contributed by atoms with van der Waals surface area (Å²) in [6.07, 6.45) is 21.0. The number of nitriles is 1. The molecule has 0 atom stereocenters. The molecule has 1 aromatic heterocycles. The maximum absolute atomic E-state index is 9.68. The molecule has 1 aromatic carbocycles. The van der Waals surface area contributed by atoms with Crippen molar-refractivity contribution in [2.45, 2.75) is 122 Å². The number of unbranched alkanes of at least 4 members (excludes halogenated alkanes) is 8. The monoisotopic (exact) mass is 458 g/mol. The molecule has 34 heavy (non-hydrogen) atoms. The third kappa shape index (κ3) is 8.26. The molecule has 0 unspecified atom stereocenters. The van der Waals surface area contributed by atoms with Gasteiger partial charge in [0.2, 0.25) is 0 Å². The predicted octanol–water partition coefficient (Wildman–Crippen LogP) is 9.77. The minimum Gasteiger partial charge on any atom is -0.237 e. The summed E-state index contributed by atoms with van der Waals surface area (Å²) >= 11 is 0. The number of benzene rings is 1. The van der Waals surface area contributed by atoms with Crippen LogP contribution in [0.5, 0.6) is 0 Å².